The van der Waals surface area contributed by atoms with E-state index in [1.54, 1.807) is 0 Å². The lowest BCUT2D eigenvalue weighted by Crippen LogP contribution is -2.41. The van der Waals surface area contributed by atoms with Gasteiger partial charge in [-0.05, 0) is 60.8 Å². The molecule has 1 saturated heterocycles. The molecule has 7 heteroatoms. The molecule has 3 N–H and O–H groups in total. The molecule has 33 heavy (non-hydrogen) atoms. The van der Waals surface area contributed by atoms with Crippen LogP contribution in [-0.4, -0.2) is 41.6 Å². The number of likely N-dealkylation sites (tertiary alicyclic amines) is 1. The summed E-state index contributed by atoms with van der Waals surface area (Å²) in [6.07, 6.45) is 8.17. The Morgan fingerprint density at radius 3 is 2.48 bits per heavy atom. The maximum atomic E-state index is 11.8. The smallest absolute Gasteiger partial charge is 0.327 e. The van der Waals surface area contributed by atoms with Gasteiger partial charge < -0.3 is 15.1 Å². The van der Waals surface area contributed by atoms with Gasteiger partial charge in [0.1, 0.15) is 6.17 Å². The van der Waals surface area contributed by atoms with Gasteiger partial charge in [0.15, 0.2) is 0 Å². The van der Waals surface area contributed by atoms with Gasteiger partial charge in [0.2, 0.25) is 0 Å². The first-order valence-electron chi connectivity index (χ1n) is 11.2. The third kappa shape index (κ3) is 4.55. The number of hydrogen-bond donors (Lipinski definition) is 2. The molecule has 0 aliphatic carbocycles. The summed E-state index contributed by atoms with van der Waals surface area (Å²) in [5.41, 5.74) is 5.78. The zero-order chi connectivity index (χ0) is 22.8. The van der Waals surface area contributed by atoms with Gasteiger partial charge in [-0.2, -0.15) is 5.90 Å². The SMILES string of the molecule is NOC(=O)C1CCN(CC2=C(c3ccc(Cl)cc3)NC3C=CC(c4ccccc4)=CN23)CC1. The van der Waals surface area contributed by atoms with E-state index in [0.717, 1.165) is 48.8 Å². The van der Waals surface area contributed by atoms with Crippen molar-refractivity contribution in [2.24, 2.45) is 11.8 Å². The lowest BCUT2D eigenvalue weighted by Gasteiger charge is -2.34. The highest BCUT2D eigenvalue weighted by Crippen LogP contribution is 2.35. The number of allylic oxidation sites excluding steroid dienone is 2. The number of carbonyl (C=O) groups excluding carboxylic acids is 1. The van der Waals surface area contributed by atoms with Gasteiger partial charge in [0.05, 0.1) is 17.3 Å². The zero-order valence-corrected chi connectivity index (χ0v) is 19.0. The van der Waals surface area contributed by atoms with Gasteiger partial charge in [-0.25, -0.2) is 0 Å². The molecule has 0 amide bonds. The second-order valence-corrected chi connectivity index (χ2v) is 9.06. The number of fused-ring (bicyclic) bond motifs is 1. The van der Waals surface area contributed by atoms with Crippen LogP contribution in [0.5, 0.6) is 0 Å². The average molecular weight is 463 g/mol. The molecule has 5 rings (SSSR count). The Kier molecular flexibility index (Phi) is 6.22. The van der Waals surface area contributed by atoms with E-state index >= 15 is 0 Å². The molecule has 0 radical (unpaired) electrons. The number of carbonyl (C=O) groups is 1. The maximum absolute atomic E-state index is 11.8. The second kappa shape index (κ2) is 9.43. The van der Waals surface area contributed by atoms with Crippen molar-refractivity contribution < 1.29 is 9.63 Å². The van der Waals surface area contributed by atoms with Crippen molar-refractivity contribution in [3.05, 3.63) is 94.8 Å². The molecule has 1 fully saturated rings. The van der Waals surface area contributed by atoms with Crippen LogP contribution in [0.1, 0.15) is 24.0 Å². The number of hydrogen-bond acceptors (Lipinski definition) is 6. The highest BCUT2D eigenvalue weighted by atomic mass is 35.5. The van der Waals surface area contributed by atoms with Crippen molar-refractivity contribution in [2.75, 3.05) is 19.6 Å². The zero-order valence-electron chi connectivity index (χ0n) is 18.3. The van der Waals surface area contributed by atoms with E-state index in [1.807, 2.05) is 18.2 Å². The van der Waals surface area contributed by atoms with Gasteiger partial charge in [-0.15, -0.1) is 0 Å². The van der Waals surface area contributed by atoms with E-state index in [1.165, 1.54) is 16.8 Å². The summed E-state index contributed by atoms with van der Waals surface area (Å²) in [6.45, 7) is 2.42. The van der Waals surface area contributed by atoms with Crippen LogP contribution in [0.25, 0.3) is 11.3 Å². The Balaban J connectivity index is 1.44. The van der Waals surface area contributed by atoms with Gasteiger partial charge in [0.25, 0.3) is 0 Å². The van der Waals surface area contributed by atoms with Crippen LogP contribution in [0, 0.1) is 5.92 Å². The van der Waals surface area contributed by atoms with Crippen LogP contribution in [0.15, 0.2) is 78.6 Å². The van der Waals surface area contributed by atoms with E-state index in [-0.39, 0.29) is 18.1 Å². The molecule has 0 spiro atoms. The van der Waals surface area contributed by atoms with Crippen molar-refractivity contribution in [3.8, 4) is 0 Å². The minimum atomic E-state index is -0.310. The number of nitrogens with one attached hydrogen (secondary N) is 1. The van der Waals surface area contributed by atoms with Crippen LogP contribution in [0.4, 0.5) is 0 Å². The molecule has 0 aromatic heterocycles. The predicted molar refractivity (Wildman–Crippen MR) is 130 cm³/mol. The fourth-order valence-corrected chi connectivity index (χ4v) is 4.87. The summed E-state index contributed by atoms with van der Waals surface area (Å²) in [6, 6.07) is 18.4. The molecule has 2 aromatic rings. The Morgan fingerprint density at radius 2 is 1.79 bits per heavy atom. The molecule has 0 saturated carbocycles. The largest absolute Gasteiger partial charge is 0.373 e. The molecular weight excluding hydrogens is 436 g/mol. The van der Waals surface area contributed by atoms with Gasteiger partial charge >= 0.3 is 5.97 Å². The fourth-order valence-electron chi connectivity index (χ4n) is 4.75. The molecule has 0 bridgehead atoms. The lowest BCUT2D eigenvalue weighted by atomic mass is 9.97. The Morgan fingerprint density at radius 1 is 1.06 bits per heavy atom. The Labute approximate surface area is 198 Å². The summed E-state index contributed by atoms with van der Waals surface area (Å²) in [7, 11) is 0. The van der Waals surface area contributed by atoms with Gasteiger partial charge in [-0.3, -0.25) is 9.69 Å². The van der Waals surface area contributed by atoms with Crippen molar-refractivity contribution >= 4 is 28.8 Å². The third-order valence-corrected chi connectivity index (χ3v) is 6.83. The average Bonchev–Trinajstić information content (AvgIpc) is 3.22. The first kappa shape index (κ1) is 21.8. The molecule has 1 atom stereocenters. The number of halogens is 1. The number of nitrogens with zero attached hydrogens (tertiary/aromatic N) is 2. The molecule has 2 aromatic carbocycles. The quantitative estimate of drug-likeness (QED) is 0.655. The van der Waals surface area contributed by atoms with Crippen LogP contribution < -0.4 is 11.2 Å². The molecule has 170 valence electrons. The summed E-state index contributed by atoms with van der Waals surface area (Å²) in [5.74, 6) is 4.66. The number of nitrogens with two attached hydrogens (primary N) is 1. The second-order valence-electron chi connectivity index (χ2n) is 8.62. The molecular formula is C26H27ClN4O2. The van der Waals surface area contributed by atoms with Crippen LogP contribution in [0.3, 0.4) is 0 Å². The summed E-state index contributed by atoms with van der Waals surface area (Å²) >= 11 is 6.15. The van der Waals surface area contributed by atoms with E-state index < -0.39 is 0 Å². The minimum Gasteiger partial charge on any atom is -0.373 e. The van der Waals surface area contributed by atoms with E-state index in [4.69, 9.17) is 17.5 Å². The number of piperidine rings is 1. The van der Waals surface area contributed by atoms with Crippen molar-refractivity contribution in [2.45, 2.75) is 19.0 Å². The Hall–Kier alpha value is -3.06. The normalized spacial score (nSPS) is 21.0. The van der Waals surface area contributed by atoms with Crippen molar-refractivity contribution in [3.63, 3.8) is 0 Å². The fraction of sp³-hybridized carbons (Fsp3) is 0.269. The van der Waals surface area contributed by atoms with Gasteiger partial charge in [0, 0.05) is 17.8 Å². The molecule has 3 aliphatic heterocycles. The minimum absolute atomic E-state index is 0.0582. The summed E-state index contributed by atoms with van der Waals surface area (Å²) in [4.78, 5) is 21.0. The van der Waals surface area contributed by atoms with E-state index in [9.17, 15) is 4.79 Å². The van der Waals surface area contributed by atoms with E-state index in [2.05, 4.69) is 74.7 Å². The van der Waals surface area contributed by atoms with Gasteiger partial charge in [-0.1, -0.05) is 60.1 Å². The standard InChI is InChI=1S/C26H27ClN4O2/c27-22-9-6-19(7-10-22)25-23(17-30-14-12-20(13-15-30)26(32)33-28)31-16-21(8-11-24(31)29-25)18-4-2-1-3-5-18/h1-11,16,20,24,29H,12-15,17,28H2. The number of benzene rings is 2. The van der Waals surface area contributed by atoms with Crippen molar-refractivity contribution in [1.82, 2.24) is 15.1 Å². The monoisotopic (exact) mass is 462 g/mol. The topological polar surface area (TPSA) is 70.8 Å². The lowest BCUT2D eigenvalue weighted by molar-refractivity contribution is -0.150. The summed E-state index contributed by atoms with van der Waals surface area (Å²) < 4.78 is 0. The molecule has 3 aliphatic rings. The Bertz CT molecular complexity index is 1100. The highest BCUT2D eigenvalue weighted by Gasteiger charge is 2.34. The predicted octanol–water partition coefficient (Wildman–Crippen LogP) is 3.98. The number of rotatable bonds is 5. The highest BCUT2D eigenvalue weighted by molar-refractivity contribution is 6.30. The first-order valence-corrected chi connectivity index (χ1v) is 11.6. The van der Waals surface area contributed by atoms with Crippen molar-refractivity contribution in [1.29, 1.82) is 0 Å². The van der Waals surface area contributed by atoms with Crippen LogP contribution in [0.2, 0.25) is 5.02 Å². The third-order valence-electron chi connectivity index (χ3n) is 6.58. The summed E-state index contributed by atoms with van der Waals surface area (Å²) in [5, 5.41) is 4.41. The molecule has 6 nitrogen and oxygen atoms in total. The van der Waals surface area contributed by atoms with E-state index in [0.29, 0.717) is 0 Å². The molecule has 3 heterocycles. The van der Waals surface area contributed by atoms with Crippen LogP contribution in [-0.2, 0) is 9.63 Å². The first-order chi connectivity index (χ1) is 16.1. The maximum Gasteiger partial charge on any atom is 0.327 e. The van der Waals surface area contributed by atoms with Crippen LogP contribution >= 0.6 is 11.6 Å². The molecule has 1 unspecified atom stereocenters.